The smallest absolute Gasteiger partial charge is 0.259 e. The van der Waals surface area contributed by atoms with E-state index in [1.807, 2.05) is 30.5 Å². The van der Waals surface area contributed by atoms with Crippen LogP contribution in [0.3, 0.4) is 0 Å². The van der Waals surface area contributed by atoms with Gasteiger partial charge in [0.2, 0.25) is 11.8 Å². The van der Waals surface area contributed by atoms with Gasteiger partial charge in [-0.3, -0.25) is 29.6 Å². The third kappa shape index (κ3) is 3.92. The van der Waals surface area contributed by atoms with E-state index in [2.05, 4.69) is 5.32 Å². The normalized spacial score (nSPS) is 21.9. The number of carbonyl (C=O) groups is 3. The molecular formula is C26H28N4O3. The van der Waals surface area contributed by atoms with Gasteiger partial charge < -0.3 is 5.73 Å². The first kappa shape index (κ1) is 21.4. The molecule has 5 rings (SSSR count). The van der Waals surface area contributed by atoms with Gasteiger partial charge in [0.05, 0.1) is 5.69 Å². The van der Waals surface area contributed by atoms with Crippen molar-refractivity contribution in [3.8, 4) is 0 Å². The molecule has 0 bridgehead atoms. The largest absolute Gasteiger partial charge is 0.404 e. The molecule has 2 heterocycles. The van der Waals surface area contributed by atoms with Crippen molar-refractivity contribution in [2.45, 2.75) is 63.5 Å². The third-order valence-corrected chi connectivity index (χ3v) is 6.97. The number of nitrogens with zero attached hydrogens (tertiary/aromatic N) is 2. The van der Waals surface area contributed by atoms with Crippen molar-refractivity contribution in [1.82, 2.24) is 5.32 Å². The van der Waals surface area contributed by atoms with E-state index in [1.54, 1.807) is 17.2 Å². The number of imide groups is 1. The fourth-order valence-electron chi connectivity index (χ4n) is 5.26. The average molecular weight is 445 g/mol. The number of amides is 3. The summed E-state index contributed by atoms with van der Waals surface area (Å²) in [6.45, 7) is 0. The Labute approximate surface area is 192 Å². The third-order valence-electron chi connectivity index (χ3n) is 6.97. The van der Waals surface area contributed by atoms with Gasteiger partial charge in [-0.25, -0.2) is 0 Å². The maximum atomic E-state index is 13.3. The van der Waals surface area contributed by atoms with Crippen LogP contribution < -0.4 is 16.0 Å². The van der Waals surface area contributed by atoms with Gasteiger partial charge in [-0.15, -0.1) is 0 Å². The first-order valence-corrected chi connectivity index (χ1v) is 11.7. The second-order valence-corrected chi connectivity index (χ2v) is 9.10. The molecule has 3 amide bonds. The highest BCUT2D eigenvalue weighted by Gasteiger charge is 2.40. The van der Waals surface area contributed by atoms with Gasteiger partial charge in [0, 0.05) is 36.0 Å². The zero-order valence-corrected chi connectivity index (χ0v) is 18.5. The van der Waals surface area contributed by atoms with Crippen LogP contribution in [0.25, 0.3) is 10.8 Å². The van der Waals surface area contributed by atoms with Gasteiger partial charge in [0.15, 0.2) is 0 Å². The highest BCUT2D eigenvalue weighted by Crippen LogP contribution is 2.41. The standard InChI is InChI=1S/C26H28N4O3/c27-14-16(15-28-18-5-2-1-3-6-18)13-17-9-10-21-24-19(17)7-4-8-20(24)26(33)30(21)22-11-12-23(31)29-25(22)32/h4,7-10,14-15,18,22H,1-3,5-6,11-13,27H2,(H,29,31,32)/b16-14-,28-15?. The summed E-state index contributed by atoms with van der Waals surface area (Å²) in [4.78, 5) is 43.7. The van der Waals surface area contributed by atoms with E-state index in [4.69, 9.17) is 10.7 Å². The summed E-state index contributed by atoms with van der Waals surface area (Å²) < 4.78 is 0. The molecule has 0 radical (unpaired) electrons. The molecule has 0 aromatic heterocycles. The molecule has 3 aliphatic rings. The number of aliphatic imine (C=N–C) groups is 1. The van der Waals surface area contributed by atoms with Gasteiger partial charge in [0.25, 0.3) is 5.91 Å². The van der Waals surface area contributed by atoms with Gasteiger partial charge >= 0.3 is 0 Å². The van der Waals surface area contributed by atoms with Gasteiger partial charge in [-0.2, -0.15) is 0 Å². The van der Waals surface area contributed by atoms with Gasteiger partial charge in [-0.1, -0.05) is 37.5 Å². The molecule has 1 unspecified atom stereocenters. The van der Waals surface area contributed by atoms with E-state index in [0.29, 0.717) is 24.4 Å². The average Bonchev–Trinajstić information content (AvgIpc) is 3.11. The van der Waals surface area contributed by atoms with Crippen molar-refractivity contribution in [1.29, 1.82) is 0 Å². The fourth-order valence-corrected chi connectivity index (χ4v) is 5.26. The Morgan fingerprint density at radius 1 is 1.09 bits per heavy atom. The topological polar surface area (TPSA) is 105 Å². The second-order valence-electron chi connectivity index (χ2n) is 9.10. The monoisotopic (exact) mass is 444 g/mol. The van der Waals surface area contributed by atoms with Crippen LogP contribution in [-0.2, 0) is 16.0 Å². The molecule has 7 heteroatoms. The van der Waals surface area contributed by atoms with Crippen LogP contribution in [0.2, 0.25) is 0 Å². The quantitative estimate of drug-likeness (QED) is 0.545. The SMILES string of the molecule is N/C=C(\C=NC1CCCCC1)Cc1ccc2c3c(cccc13)C(=O)N2C1CCC(=O)NC1=O. The summed E-state index contributed by atoms with van der Waals surface area (Å²) in [5.41, 5.74) is 9.23. The number of nitrogens with two attached hydrogens (primary N) is 1. The first-order valence-electron chi connectivity index (χ1n) is 11.7. The number of benzene rings is 2. The summed E-state index contributed by atoms with van der Waals surface area (Å²) in [6, 6.07) is 9.27. The summed E-state index contributed by atoms with van der Waals surface area (Å²) in [7, 11) is 0. The van der Waals surface area contributed by atoms with Crippen molar-refractivity contribution >= 4 is 40.4 Å². The zero-order chi connectivity index (χ0) is 22.9. The Morgan fingerprint density at radius 2 is 1.91 bits per heavy atom. The van der Waals surface area contributed by atoms with Crippen LogP contribution in [-0.4, -0.2) is 36.0 Å². The number of rotatable bonds is 5. The second kappa shape index (κ2) is 8.81. The Balaban J connectivity index is 1.46. The Bertz CT molecular complexity index is 1190. The zero-order valence-electron chi connectivity index (χ0n) is 18.5. The van der Waals surface area contributed by atoms with E-state index in [1.165, 1.54) is 19.3 Å². The highest BCUT2D eigenvalue weighted by molar-refractivity contribution is 6.27. The van der Waals surface area contributed by atoms with E-state index in [-0.39, 0.29) is 18.2 Å². The molecule has 2 aliphatic heterocycles. The van der Waals surface area contributed by atoms with Crippen LogP contribution in [0.15, 0.2) is 47.1 Å². The van der Waals surface area contributed by atoms with E-state index in [0.717, 1.165) is 40.4 Å². The predicted octanol–water partition coefficient (Wildman–Crippen LogP) is 3.39. The van der Waals surface area contributed by atoms with Crippen molar-refractivity contribution in [3.63, 3.8) is 0 Å². The van der Waals surface area contributed by atoms with Crippen molar-refractivity contribution < 1.29 is 14.4 Å². The predicted molar refractivity (Wildman–Crippen MR) is 128 cm³/mol. The minimum atomic E-state index is -0.682. The molecule has 2 aromatic carbocycles. The number of nitrogens with one attached hydrogen (secondary N) is 1. The Kier molecular flexibility index (Phi) is 5.70. The van der Waals surface area contributed by atoms with Crippen molar-refractivity contribution in [2.24, 2.45) is 10.7 Å². The number of hydrogen-bond acceptors (Lipinski definition) is 5. The van der Waals surface area contributed by atoms with E-state index < -0.39 is 11.9 Å². The van der Waals surface area contributed by atoms with Crippen molar-refractivity contribution in [3.05, 3.63) is 53.2 Å². The van der Waals surface area contributed by atoms with Crippen molar-refractivity contribution in [2.75, 3.05) is 4.90 Å². The minimum Gasteiger partial charge on any atom is -0.404 e. The summed E-state index contributed by atoms with van der Waals surface area (Å²) in [6.07, 6.45) is 10.7. The molecule has 33 heavy (non-hydrogen) atoms. The lowest BCUT2D eigenvalue weighted by Gasteiger charge is -2.30. The Hall–Kier alpha value is -3.48. The minimum absolute atomic E-state index is 0.198. The van der Waals surface area contributed by atoms with Crippen LogP contribution in [0.1, 0.15) is 60.9 Å². The maximum Gasteiger partial charge on any atom is 0.259 e. The lowest BCUT2D eigenvalue weighted by atomic mass is 9.95. The summed E-state index contributed by atoms with van der Waals surface area (Å²) in [5, 5.41) is 4.19. The number of allylic oxidation sites excluding steroid dienone is 1. The van der Waals surface area contributed by atoms with E-state index >= 15 is 0 Å². The number of anilines is 1. The Morgan fingerprint density at radius 3 is 2.67 bits per heavy atom. The lowest BCUT2D eigenvalue weighted by Crippen LogP contribution is -2.53. The molecule has 1 atom stereocenters. The molecule has 1 aliphatic carbocycles. The van der Waals surface area contributed by atoms with Crippen LogP contribution >= 0.6 is 0 Å². The number of piperidine rings is 1. The fraction of sp³-hybridized carbons (Fsp3) is 0.385. The highest BCUT2D eigenvalue weighted by atomic mass is 16.2. The van der Waals surface area contributed by atoms with Gasteiger partial charge in [0.1, 0.15) is 6.04 Å². The summed E-state index contributed by atoms with van der Waals surface area (Å²) in [5.74, 6) is -0.912. The van der Waals surface area contributed by atoms with Gasteiger partial charge in [-0.05, 0) is 54.1 Å². The molecule has 1 saturated heterocycles. The molecule has 3 N–H and O–H groups in total. The maximum absolute atomic E-state index is 13.3. The molecule has 7 nitrogen and oxygen atoms in total. The lowest BCUT2D eigenvalue weighted by molar-refractivity contribution is -0.134. The molecule has 2 aromatic rings. The molecule has 2 fully saturated rings. The first-order chi connectivity index (χ1) is 16.1. The molecule has 1 saturated carbocycles. The van der Waals surface area contributed by atoms with Crippen LogP contribution in [0.4, 0.5) is 5.69 Å². The van der Waals surface area contributed by atoms with Crippen LogP contribution in [0, 0.1) is 0 Å². The van der Waals surface area contributed by atoms with Crippen LogP contribution in [0.5, 0.6) is 0 Å². The van der Waals surface area contributed by atoms with E-state index in [9.17, 15) is 14.4 Å². The molecule has 170 valence electrons. The number of carbonyl (C=O) groups excluding carboxylic acids is 3. The summed E-state index contributed by atoms with van der Waals surface area (Å²) >= 11 is 0. The molecule has 0 spiro atoms. The molecular weight excluding hydrogens is 416 g/mol. The number of hydrogen-bond donors (Lipinski definition) is 2.